The molecule has 0 saturated heterocycles. The van der Waals surface area contributed by atoms with Crippen LogP contribution in [-0.2, 0) is 14.3 Å². The minimum absolute atomic E-state index is 0.163. The predicted octanol–water partition coefficient (Wildman–Crippen LogP) is 1.42. The molecule has 0 bridgehead atoms. The minimum atomic E-state index is -0.616. The van der Waals surface area contributed by atoms with Gasteiger partial charge in [-0.2, -0.15) is 11.8 Å². The number of carbonyl (C=O) groups is 2. The van der Waals surface area contributed by atoms with Gasteiger partial charge in [-0.25, -0.2) is 4.79 Å². The topological polar surface area (TPSA) is 64.6 Å². The molecular weight excluding hydrogens is 230 g/mol. The molecule has 1 N–H and O–H groups in total. The standard InChI is InChI=1S/C10H19NO4S/c1-10(2,3)15-9(13)11-7-8(12)14-5-6-16-4/h5-7H2,1-4H3,(H,11,13). The normalized spacial score (nSPS) is 10.8. The summed E-state index contributed by atoms with van der Waals surface area (Å²) < 4.78 is 9.78. The maximum Gasteiger partial charge on any atom is 0.408 e. The molecular formula is C10H19NO4S. The van der Waals surface area contributed by atoms with E-state index < -0.39 is 17.7 Å². The Bertz CT molecular complexity index is 237. The molecule has 5 nitrogen and oxygen atoms in total. The second-order valence-electron chi connectivity index (χ2n) is 4.07. The number of esters is 1. The third-order valence-electron chi connectivity index (χ3n) is 1.33. The lowest BCUT2D eigenvalue weighted by Crippen LogP contribution is -2.36. The van der Waals surface area contributed by atoms with Gasteiger partial charge in [0, 0.05) is 5.75 Å². The van der Waals surface area contributed by atoms with Crippen LogP contribution in [-0.4, -0.2) is 42.8 Å². The number of amides is 1. The van der Waals surface area contributed by atoms with Gasteiger partial charge in [0.25, 0.3) is 0 Å². The van der Waals surface area contributed by atoms with Crippen molar-refractivity contribution in [1.82, 2.24) is 5.32 Å². The first-order valence-corrected chi connectivity index (χ1v) is 6.36. The van der Waals surface area contributed by atoms with E-state index in [2.05, 4.69) is 5.32 Å². The lowest BCUT2D eigenvalue weighted by molar-refractivity contribution is -0.141. The van der Waals surface area contributed by atoms with Gasteiger partial charge in [-0.05, 0) is 27.0 Å². The third-order valence-corrected chi connectivity index (χ3v) is 1.90. The second kappa shape index (κ2) is 7.38. The monoisotopic (exact) mass is 249 g/mol. The highest BCUT2D eigenvalue weighted by Crippen LogP contribution is 2.06. The van der Waals surface area contributed by atoms with Gasteiger partial charge in [0.2, 0.25) is 0 Å². The van der Waals surface area contributed by atoms with Crippen LogP contribution in [0.1, 0.15) is 20.8 Å². The molecule has 1 amide bonds. The number of hydrogen-bond donors (Lipinski definition) is 1. The molecule has 0 rings (SSSR count). The lowest BCUT2D eigenvalue weighted by atomic mass is 10.2. The van der Waals surface area contributed by atoms with Crippen LogP contribution in [0.2, 0.25) is 0 Å². The van der Waals surface area contributed by atoms with Crippen molar-refractivity contribution in [2.45, 2.75) is 26.4 Å². The zero-order chi connectivity index (χ0) is 12.6. The Morgan fingerprint density at radius 1 is 1.31 bits per heavy atom. The molecule has 0 aliphatic rings. The van der Waals surface area contributed by atoms with Gasteiger partial charge in [-0.1, -0.05) is 0 Å². The Morgan fingerprint density at radius 3 is 2.44 bits per heavy atom. The maximum atomic E-state index is 11.1. The maximum absolute atomic E-state index is 11.1. The summed E-state index contributed by atoms with van der Waals surface area (Å²) >= 11 is 1.59. The van der Waals surface area contributed by atoms with E-state index in [9.17, 15) is 9.59 Å². The van der Waals surface area contributed by atoms with Gasteiger partial charge in [0.1, 0.15) is 18.8 Å². The van der Waals surface area contributed by atoms with Crippen molar-refractivity contribution in [3.05, 3.63) is 0 Å². The number of alkyl carbamates (subject to hydrolysis) is 1. The van der Waals surface area contributed by atoms with Crippen LogP contribution < -0.4 is 5.32 Å². The van der Waals surface area contributed by atoms with Crippen LogP contribution in [0.3, 0.4) is 0 Å². The van der Waals surface area contributed by atoms with Crippen molar-refractivity contribution in [2.75, 3.05) is 25.2 Å². The molecule has 94 valence electrons. The van der Waals surface area contributed by atoms with Crippen LogP contribution in [0, 0.1) is 0 Å². The average molecular weight is 249 g/mol. The van der Waals surface area contributed by atoms with Gasteiger partial charge in [0.05, 0.1) is 0 Å². The minimum Gasteiger partial charge on any atom is -0.463 e. The zero-order valence-corrected chi connectivity index (χ0v) is 11.0. The molecule has 0 aromatic rings. The molecule has 16 heavy (non-hydrogen) atoms. The first-order valence-electron chi connectivity index (χ1n) is 4.96. The molecule has 0 aromatic heterocycles. The molecule has 0 atom stereocenters. The highest BCUT2D eigenvalue weighted by molar-refractivity contribution is 7.98. The summed E-state index contributed by atoms with van der Waals surface area (Å²) in [5.41, 5.74) is -0.563. The van der Waals surface area contributed by atoms with Gasteiger partial charge >= 0.3 is 12.1 Å². The summed E-state index contributed by atoms with van der Waals surface area (Å²) in [6, 6.07) is 0. The Balaban J connectivity index is 3.63. The number of carbonyl (C=O) groups excluding carboxylic acids is 2. The summed E-state index contributed by atoms with van der Waals surface area (Å²) in [6.07, 6.45) is 1.31. The number of nitrogens with one attached hydrogen (secondary N) is 1. The number of rotatable bonds is 5. The van der Waals surface area contributed by atoms with E-state index in [1.807, 2.05) is 6.26 Å². The fourth-order valence-electron chi connectivity index (χ4n) is 0.748. The largest absolute Gasteiger partial charge is 0.463 e. The number of hydrogen-bond acceptors (Lipinski definition) is 5. The van der Waals surface area contributed by atoms with E-state index in [1.165, 1.54) is 0 Å². The molecule has 6 heteroatoms. The highest BCUT2D eigenvalue weighted by Gasteiger charge is 2.16. The van der Waals surface area contributed by atoms with E-state index in [4.69, 9.17) is 9.47 Å². The molecule has 0 unspecified atom stereocenters. The van der Waals surface area contributed by atoms with Crippen LogP contribution in [0.15, 0.2) is 0 Å². The fourth-order valence-corrected chi connectivity index (χ4v) is 0.998. The summed E-state index contributed by atoms with van der Waals surface area (Å²) in [5, 5.41) is 2.32. The van der Waals surface area contributed by atoms with Crippen molar-refractivity contribution in [3.63, 3.8) is 0 Å². The quantitative estimate of drug-likeness (QED) is 0.589. The van der Waals surface area contributed by atoms with E-state index in [0.29, 0.717) is 6.61 Å². The molecule has 0 aromatic carbocycles. The van der Waals surface area contributed by atoms with E-state index in [-0.39, 0.29) is 6.54 Å². The molecule has 0 heterocycles. The van der Waals surface area contributed by atoms with Gasteiger partial charge < -0.3 is 14.8 Å². The van der Waals surface area contributed by atoms with E-state index in [0.717, 1.165) is 5.75 Å². The molecule has 0 aliphatic carbocycles. The van der Waals surface area contributed by atoms with Crippen LogP contribution in [0.4, 0.5) is 4.79 Å². The van der Waals surface area contributed by atoms with E-state index in [1.54, 1.807) is 32.5 Å². The lowest BCUT2D eigenvalue weighted by Gasteiger charge is -2.19. The summed E-state index contributed by atoms with van der Waals surface area (Å²) in [4.78, 5) is 22.2. The highest BCUT2D eigenvalue weighted by atomic mass is 32.2. The second-order valence-corrected chi connectivity index (χ2v) is 5.05. The fraction of sp³-hybridized carbons (Fsp3) is 0.800. The van der Waals surface area contributed by atoms with Crippen molar-refractivity contribution < 1.29 is 19.1 Å². The average Bonchev–Trinajstić information content (AvgIpc) is 2.12. The van der Waals surface area contributed by atoms with Crippen molar-refractivity contribution in [1.29, 1.82) is 0 Å². The zero-order valence-electron chi connectivity index (χ0n) is 10.2. The molecule has 0 spiro atoms. The van der Waals surface area contributed by atoms with Crippen molar-refractivity contribution >= 4 is 23.8 Å². The van der Waals surface area contributed by atoms with Crippen LogP contribution >= 0.6 is 11.8 Å². The molecule has 0 radical (unpaired) electrons. The summed E-state index contributed by atoms with van der Waals surface area (Å²) in [6.45, 7) is 5.45. The number of ether oxygens (including phenoxy) is 2. The first kappa shape index (κ1) is 15.1. The van der Waals surface area contributed by atoms with Crippen molar-refractivity contribution in [3.8, 4) is 0 Å². The first-order chi connectivity index (χ1) is 7.35. The Hall–Kier alpha value is -0.910. The Labute approximate surface area is 100 Å². The molecule has 0 aliphatic heterocycles. The summed E-state index contributed by atoms with van der Waals surface area (Å²) in [7, 11) is 0. The number of thioether (sulfide) groups is 1. The van der Waals surface area contributed by atoms with Gasteiger partial charge in [-0.15, -0.1) is 0 Å². The van der Waals surface area contributed by atoms with Crippen molar-refractivity contribution in [2.24, 2.45) is 0 Å². The predicted molar refractivity (Wildman–Crippen MR) is 63.6 cm³/mol. The van der Waals surface area contributed by atoms with E-state index >= 15 is 0 Å². The van der Waals surface area contributed by atoms with Gasteiger partial charge in [0.15, 0.2) is 0 Å². The van der Waals surface area contributed by atoms with Crippen LogP contribution in [0.25, 0.3) is 0 Å². The van der Waals surface area contributed by atoms with Gasteiger partial charge in [-0.3, -0.25) is 4.79 Å². The Kier molecular flexibility index (Phi) is 6.96. The Morgan fingerprint density at radius 2 is 1.94 bits per heavy atom. The third kappa shape index (κ3) is 9.64. The smallest absolute Gasteiger partial charge is 0.408 e. The molecule has 0 fully saturated rings. The summed E-state index contributed by atoms with van der Waals surface area (Å²) in [5.74, 6) is 0.290. The molecule has 0 saturated carbocycles. The van der Waals surface area contributed by atoms with Crippen LogP contribution in [0.5, 0.6) is 0 Å². The SMILES string of the molecule is CSCCOC(=O)CNC(=O)OC(C)(C)C.